The van der Waals surface area contributed by atoms with Gasteiger partial charge >= 0.3 is 0 Å². The fourth-order valence-electron chi connectivity index (χ4n) is 4.45. The monoisotopic (exact) mass is 465 g/mol. The van der Waals surface area contributed by atoms with Gasteiger partial charge in [-0.3, -0.25) is 14.4 Å². The number of rotatable bonds is 5. The lowest BCUT2D eigenvalue weighted by Crippen LogP contribution is -2.27. The molecule has 1 N–H and O–H groups in total. The molecule has 0 amide bonds. The normalized spacial score (nSPS) is 19.1. The lowest BCUT2D eigenvalue weighted by atomic mass is 10.0. The number of nitrogens with zero attached hydrogens (tertiary/aromatic N) is 6. The molecule has 4 aromatic rings. The number of ether oxygens (including phenoxy) is 1. The van der Waals surface area contributed by atoms with Crippen molar-refractivity contribution in [1.29, 1.82) is 5.26 Å². The van der Waals surface area contributed by atoms with E-state index in [9.17, 15) is 13.7 Å². The second-order valence-electron chi connectivity index (χ2n) is 8.37. The van der Waals surface area contributed by atoms with Crippen molar-refractivity contribution in [1.82, 2.24) is 24.3 Å². The molecule has 3 aromatic heterocycles. The number of hydrogen-bond donors (Lipinski definition) is 1. The maximum Gasteiger partial charge on any atom is 0.231 e. The Morgan fingerprint density at radius 1 is 1.30 bits per heavy atom. The minimum Gasteiger partial charge on any atom is -0.378 e. The van der Waals surface area contributed by atoms with Gasteiger partial charge < -0.3 is 9.30 Å². The Kier molecular flexibility index (Phi) is 5.26. The highest BCUT2D eigenvalue weighted by Gasteiger charge is 2.26. The summed E-state index contributed by atoms with van der Waals surface area (Å²) in [6.07, 6.45) is 6.35. The minimum absolute atomic E-state index is 0.118. The first-order chi connectivity index (χ1) is 15.8. The molecule has 11 heteroatoms. The number of anilines is 1. The van der Waals surface area contributed by atoms with Crippen molar-refractivity contribution < 1.29 is 13.2 Å². The molecule has 1 aromatic carbocycles. The Morgan fingerprint density at radius 3 is 2.91 bits per heavy atom. The second-order valence-corrected chi connectivity index (χ2v) is 10.1. The quantitative estimate of drug-likeness (QED) is 0.480. The van der Waals surface area contributed by atoms with Gasteiger partial charge in [-0.1, -0.05) is 0 Å². The van der Waals surface area contributed by atoms with Crippen LogP contribution in [0.2, 0.25) is 0 Å². The first-order valence-corrected chi connectivity index (χ1v) is 12.5. The van der Waals surface area contributed by atoms with E-state index in [1.54, 1.807) is 29.2 Å². The summed E-state index contributed by atoms with van der Waals surface area (Å²) in [5, 5.41) is 14.7. The van der Waals surface area contributed by atoms with Crippen molar-refractivity contribution in [3.8, 4) is 6.07 Å². The molecule has 0 saturated carbocycles. The lowest BCUT2D eigenvalue weighted by Gasteiger charge is -2.30. The molecule has 1 aliphatic rings. The van der Waals surface area contributed by atoms with Crippen molar-refractivity contribution in [3.05, 3.63) is 48.0 Å². The third-order valence-electron chi connectivity index (χ3n) is 5.77. The molecule has 0 aliphatic carbocycles. The smallest absolute Gasteiger partial charge is 0.231 e. The minimum atomic E-state index is -3.41. The van der Waals surface area contributed by atoms with E-state index in [1.165, 1.54) is 0 Å². The lowest BCUT2D eigenvalue weighted by molar-refractivity contribution is 0.00619. The molecular weight excluding hydrogens is 442 g/mol. The number of imidazole rings is 1. The molecule has 0 unspecified atom stereocenters. The zero-order valence-electron chi connectivity index (χ0n) is 18.3. The first-order valence-electron chi connectivity index (χ1n) is 10.6. The summed E-state index contributed by atoms with van der Waals surface area (Å²) in [7, 11) is -3.41. The van der Waals surface area contributed by atoms with Crippen LogP contribution in [0, 0.1) is 11.3 Å². The van der Waals surface area contributed by atoms with Crippen LogP contribution in [-0.2, 0) is 21.3 Å². The van der Waals surface area contributed by atoms with Crippen LogP contribution in [0.1, 0.15) is 37.2 Å². The predicted octanol–water partition coefficient (Wildman–Crippen LogP) is 2.81. The summed E-state index contributed by atoms with van der Waals surface area (Å²) in [5.41, 5.74) is 3.05. The zero-order chi connectivity index (χ0) is 23.2. The number of sulfonamides is 1. The highest BCUT2D eigenvalue weighted by molar-refractivity contribution is 7.92. The molecule has 0 bridgehead atoms. The molecule has 33 heavy (non-hydrogen) atoms. The number of pyridine rings is 1. The Morgan fingerprint density at radius 2 is 2.15 bits per heavy atom. The average molecular weight is 466 g/mol. The van der Waals surface area contributed by atoms with Gasteiger partial charge in [0.1, 0.15) is 11.3 Å². The summed E-state index contributed by atoms with van der Waals surface area (Å²) in [5.74, 6) is 1.04. The predicted molar refractivity (Wildman–Crippen MR) is 123 cm³/mol. The van der Waals surface area contributed by atoms with Crippen LogP contribution in [0.3, 0.4) is 0 Å². The zero-order valence-corrected chi connectivity index (χ0v) is 19.1. The Hall–Kier alpha value is -3.49. The standard InChI is InChI=1S/C22H23N7O3S/c1-14-9-16(6-8-32-14)29-21(13-28-7-5-20(26-28)27-33(2,30)31)25-19-12-24-18-4-3-15(11-23)10-17(18)22(19)29/h3-5,7,10,12,14,16H,6,8-9,13H2,1-2H3,(H,26,27)/t14-,16-/m1/s1. The number of aromatic nitrogens is 5. The molecule has 10 nitrogen and oxygen atoms in total. The van der Waals surface area contributed by atoms with Gasteiger partial charge in [-0.15, -0.1) is 0 Å². The van der Waals surface area contributed by atoms with Gasteiger partial charge in [0.2, 0.25) is 10.0 Å². The molecule has 2 atom stereocenters. The van der Waals surface area contributed by atoms with Gasteiger partial charge in [0.15, 0.2) is 5.82 Å². The van der Waals surface area contributed by atoms with E-state index < -0.39 is 10.0 Å². The van der Waals surface area contributed by atoms with Gasteiger partial charge in [-0.05, 0) is 38.0 Å². The number of nitriles is 1. The molecule has 0 radical (unpaired) electrons. The van der Waals surface area contributed by atoms with Crippen molar-refractivity contribution in [3.63, 3.8) is 0 Å². The molecule has 1 fully saturated rings. The van der Waals surface area contributed by atoms with Gasteiger partial charge in [-0.25, -0.2) is 13.4 Å². The molecule has 1 aliphatic heterocycles. The summed E-state index contributed by atoms with van der Waals surface area (Å²) < 4.78 is 35.1. The van der Waals surface area contributed by atoms with E-state index >= 15 is 0 Å². The topological polar surface area (TPSA) is 128 Å². The molecular formula is C22H23N7O3S. The summed E-state index contributed by atoms with van der Waals surface area (Å²) in [4.78, 5) is 9.42. The van der Waals surface area contributed by atoms with Crippen LogP contribution < -0.4 is 4.72 Å². The van der Waals surface area contributed by atoms with E-state index in [4.69, 9.17) is 9.72 Å². The van der Waals surface area contributed by atoms with Crippen LogP contribution in [-0.4, -0.2) is 51.7 Å². The van der Waals surface area contributed by atoms with Gasteiger partial charge in [0.25, 0.3) is 0 Å². The van der Waals surface area contributed by atoms with Gasteiger partial charge in [0, 0.05) is 30.3 Å². The molecule has 4 heterocycles. The van der Waals surface area contributed by atoms with Crippen LogP contribution in [0.15, 0.2) is 36.7 Å². The fraction of sp³-hybridized carbons (Fsp3) is 0.364. The Labute approximate surface area is 190 Å². The van der Waals surface area contributed by atoms with E-state index in [-0.39, 0.29) is 18.0 Å². The summed E-state index contributed by atoms with van der Waals surface area (Å²) in [6, 6.07) is 9.46. The van der Waals surface area contributed by atoms with Crippen molar-refractivity contribution >= 4 is 37.8 Å². The van der Waals surface area contributed by atoms with Gasteiger partial charge in [-0.2, -0.15) is 10.4 Å². The van der Waals surface area contributed by atoms with Crippen molar-refractivity contribution in [2.24, 2.45) is 0 Å². The molecule has 170 valence electrons. The van der Waals surface area contributed by atoms with E-state index in [1.807, 2.05) is 12.1 Å². The Bertz CT molecular complexity index is 1500. The van der Waals surface area contributed by atoms with Crippen LogP contribution in [0.5, 0.6) is 0 Å². The van der Waals surface area contributed by atoms with E-state index in [0.29, 0.717) is 18.7 Å². The first kappa shape index (κ1) is 21.4. The van der Waals surface area contributed by atoms with E-state index in [2.05, 4.69) is 32.4 Å². The highest BCUT2D eigenvalue weighted by Crippen LogP contribution is 2.34. The second kappa shape index (κ2) is 8.13. The van der Waals surface area contributed by atoms with Crippen molar-refractivity contribution in [2.45, 2.75) is 38.5 Å². The largest absolute Gasteiger partial charge is 0.378 e. The van der Waals surface area contributed by atoms with E-state index in [0.717, 1.165) is 46.9 Å². The summed E-state index contributed by atoms with van der Waals surface area (Å²) in [6.45, 7) is 3.07. The van der Waals surface area contributed by atoms with Crippen LogP contribution >= 0.6 is 0 Å². The third kappa shape index (κ3) is 4.27. The molecule has 5 rings (SSSR count). The highest BCUT2D eigenvalue weighted by atomic mass is 32.2. The summed E-state index contributed by atoms with van der Waals surface area (Å²) >= 11 is 0. The van der Waals surface area contributed by atoms with Crippen LogP contribution in [0.4, 0.5) is 5.82 Å². The SMILES string of the molecule is C[C@@H]1C[C@H](n2c(Cn3ccc(NS(C)(=O)=O)n3)nc3cnc4ccc(C#N)cc4c32)CCO1. The number of nitrogens with one attached hydrogen (secondary N) is 1. The molecule has 1 saturated heterocycles. The maximum atomic E-state index is 11.5. The Balaban J connectivity index is 1.65. The maximum absolute atomic E-state index is 11.5. The fourth-order valence-corrected chi connectivity index (χ4v) is 4.94. The third-order valence-corrected chi connectivity index (χ3v) is 6.35. The number of hydrogen-bond acceptors (Lipinski definition) is 7. The molecule has 0 spiro atoms. The van der Waals surface area contributed by atoms with Crippen LogP contribution in [0.25, 0.3) is 21.9 Å². The number of benzene rings is 1. The average Bonchev–Trinajstić information content (AvgIpc) is 3.36. The number of fused-ring (bicyclic) bond motifs is 3. The van der Waals surface area contributed by atoms with Crippen molar-refractivity contribution in [2.75, 3.05) is 17.6 Å². The van der Waals surface area contributed by atoms with Gasteiger partial charge in [0.05, 0.1) is 47.8 Å².